The number of carbonyl (C=O) groups excluding carboxylic acids is 2. The van der Waals surface area contributed by atoms with Crippen molar-refractivity contribution in [2.75, 3.05) is 14.2 Å². The Bertz CT molecular complexity index is 1020. The molecule has 1 unspecified atom stereocenters. The third kappa shape index (κ3) is 7.28. The SMILES string of the molecule is COc1ccc(/C=C/C(=O)NC(=S)NNC(=O)C(C)Oc2ccc(C)c(C)c2)cc1OC. The minimum atomic E-state index is -0.770. The molecule has 0 saturated carbocycles. The van der Waals surface area contributed by atoms with Gasteiger partial charge in [-0.1, -0.05) is 12.1 Å². The molecule has 0 spiro atoms. The molecule has 32 heavy (non-hydrogen) atoms. The summed E-state index contributed by atoms with van der Waals surface area (Å²) < 4.78 is 16.0. The highest BCUT2D eigenvalue weighted by atomic mass is 32.1. The van der Waals surface area contributed by atoms with Crippen LogP contribution in [0.15, 0.2) is 42.5 Å². The lowest BCUT2D eigenvalue weighted by molar-refractivity contribution is -0.128. The lowest BCUT2D eigenvalue weighted by Gasteiger charge is -2.16. The molecule has 2 aromatic carbocycles. The largest absolute Gasteiger partial charge is 0.493 e. The summed E-state index contributed by atoms with van der Waals surface area (Å²) in [5, 5.41) is 2.39. The summed E-state index contributed by atoms with van der Waals surface area (Å²) in [6.45, 7) is 5.58. The molecule has 9 heteroatoms. The van der Waals surface area contributed by atoms with Crippen molar-refractivity contribution in [3.63, 3.8) is 0 Å². The van der Waals surface area contributed by atoms with Crippen molar-refractivity contribution in [1.82, 2.24) is 16.2 Å². The Morgan fingerprint density at radius 1 is 0.969 bits per heavy atom. The Morgan fingerprint density at radius 3 is 2.34 bits per heavy atom. The average molecular weight is 458 g/mol. The predicted molar refractivity (Wildman–Crippen MR) is 127 cm³/mol. The van der Waals surface area contributed by atoms with E-state index in [0.29, 0.717) is 17.2 Å². The first-order valence-electron chi connectivity index (χ1n) is 9.78. The van der Waals surface area contributed by atoms with Crippen molar-refractivity contribution in [1.29, 1.82) is 0 Å². The van der Waals surface area contributed by atoms with E-state index in [1.165, 1.54) is 13.2 Å². The van der Waals surface area contributed by atoms with Crippen molar-refractivity contribution in [2.45, 2.75) is 26.9 Å². The minimum Gasteiger partial charge on any atom is -0.493 e. The van der Waals surface area contributed by atoms with E-state index in [9.17, 15) is 9.59 Å². The molecular weight excluding hydrogens is 430 g/mol. The van der Waals surface area contributed by atoms with Gasteiger partial charge in [0.2, 0.25) is 5.91 Å². The Morgan fingerprint density at radius 2 is 1.69 bits per heavy atom. The molecule has 0 aliphatic carbocycles. The highest BCUT2D eigenvalue weighted by Gasteiger charge is 2.15. The van der Waals surface area contributed by atoms with Gasteiger partial charge in [-0.2, -0.15) is 0 Å². The van der Waals surface area contributed by atoms with E-state index in [4.69, 9.17) is 26.4 Å². The van der Waals surface area contributed by atoms with Gasteiger partial charge in [0.05, 0.1) is 14.2 Å². The average Bonchev–Trinajstić information content (AvgIpc) is 2.78. The van der Waals surface area contributed by atoms with Crippen LogP contribution < -0.4 is 30.4 Å². The van der Waals surface area contributed by atoms with Crippen LogP contribution in [0.2, 0.25) is 0 Å². The van der Waals surface area contributed by atoms with Gasteiger partial charge in [0.25, 0.3) is 5.91 Å². The summed E-state index contributed by atoms with van der Waals surface area (Å²) in [4.78, 5) is 24.3. The van der Waals surface area contributed by atoms with E-state index in [1.54, 1.807) is 44.4 Å². The molecule has 3 N–H and O–H groups in total. The molecule has 0 bridgehead atoms. The zero-order valence-corrected chi connectivity index (χ0v) is 19.5. The van der Waals surface area contributed by atoms with Crippen LogP contribution in [0.25, 0.3) is 6.08 Å². The number of hydrogen-bond donors (Lipinski definition) is 3. The third-order valence-corrected chi connectivity index (χ3v) is 4.74. The van der Waals surface area contributed by atoms with Gasteiger partial charge in [0, 0.05) is 6.08 Å². The van der Waals surface area contributed by atoms with Crippen molar-refractivity contribution < 1.29 is 23.8 Å². The maximum Gasteiger partial charge on any atom is 0.279 e. The second-order valence-electron chi connectivity index (χ2n) is 6.89. The fourth-order valence-corrected chi connectivity index (χ4v) is 2.73. The normalized spacial score (nSPS) is 11.4. The van der Waals surface area contributed by atoms with Crippen LogP contribution in [0.1, 0.15) is 23.6 Å². The molecule has 2 rings (SSSR count). The van der Waals surface area contributed by atoms with Gasteiger partial charge in [-0.3, -0.25) is 25.8 Å². The highest BCUT2D eigenvalue weighted by Crippen LogP contribution is 2.27. The van der Waals surface area contributed by atoms with Crippen molar-refractivity contribution in [2.24, 2.45) is 0 Å². The maximum atomic E-state index is 12.2. The van der Waals surface area contributed by atoms with Crippen LogP contribution in [0.5, 0.6) is 17.2 Å². The van der Waals surface area contributed by atoms with Gasteiger partial charge in [-0.05, 0) is 80.0 Å². The summed E-state index contributed by atoms with van der Waals surface area (Å²) in [6.07, 6.45) is 2.13. The molecular formula is C23H27N3O5S. The van der Waals surface area contributed by atoms with Gasteiger partial charge in [-0.15, -0.1) is 0 Å². The molecule has 170 valence electrons. The number of ether oxygens (including phenoxy) is 3. The Hall–Kier alpha value is -3.59. The number of nitrogens with one attached hydrogen (secondary N) is 3. The molecule has 1 atom stereocenters. The number of thiocarbonyl (C=S) groups is 1. The number of benzene rings is 2. The Balaban J connectivity index is 1.81. The van der Waals surface area contributed by atoms with E-state index in [0.717, 1.165) is 16.7 Å². The highest BCUT2D eigenvalue weighted by molar-refractivity contribution is 7.80. The number of hydrazine groups is 1. The maximum absolute atomic E-state index is 12.2. The molecule has 0 aromatic heterocycles. The summed E-state index contributed by atoms with van der Waals surface area (Å²) >= 11 is 5.03. The second-order valence-corrected chi connectivity index (χ2v) is 7.29. The van der Waals surface area contributed by atoms with Gasteiger partial charge in [0.1, 0.15) is 5.75 Å². The van der Waals surface area contributed by atoms with Gasteiger partial charge in [-0.25, -0.2) is 0 Å². The first-order chi connectivity index (χ1) is 15.2. The van der Waals surface area contributed by atoms with E-state index in [2.05, 4.69) is 16.2 Å². The first kappa shape index (κ1) is 24.7. The number of methoxy groups -OCH3 is 2. The van der Waals surface area contributed by atoms with Crippen LogP contribution >= 0.6 is 12.2 Å². The summed E-state index contributed by atoms with van der Waals surface area (Å²) in [5.41, 5.74) is 7.84. The van der Waals surface area contributed by atoms with E-state index in [1.807, 2.05) is 26.0 Å². The van der Waals surface area contributed by atoms with Gasteiger partial charge < -0.3 is 14.2 Å². The lowest BCUT2D eigenvalue weighted by atomic mass is 10.1. The standard InChI is InChI=1S/C23H27N3O5S/c1-14-6-9-18(12-15(14)2)31-16(3)22(28)25-26-23(32)24-21(27)11-8-17-7-10-19(29-4)20(13-17)30-5/h6-13,16H,1-5H3,(H,25,28)(H2,24,26,27,32)/b11-8+. The minimum absolute atomic E-state index is 0.0568. The molecule has 8 nitrogen and oxygen atoms in total. The topological polar surface area (TPSA) is 97.9 Å². The molecule has 0 heterocycles. The summed E-state index contributed by atoms with van der Waals surface area (Å²) in [5.74, 6) is 0.816. The van der Waals surface area contributed by atoms with E-state index in [-0.39, 0.29) is 5.11 Å². The first-order valence-corrected chi connectivity index (χ1v) is 10.2. The number of rotatable bonds is 7. The van der Waals surface area contributed by atoms with Crippen molar-refractivity contribution in [3.05, 3.63) is 59.2 Å². The fourth-order valence-electron chi connectivity index (χ4n) is 2.58. The van der Waals surface area contributed by atoms with E-state index >= 15 is 0 Å². The second kappa shape index (κ2) is 11.7. The van der Waals surface area contributed by atoms with Crippen molar-refractivity contribution >= 4 is 35.2 Å². The van der Waals surface area contributed by atoms with Crippen LogP contribution in [-0.2, 0) is 9.59 Å². The third-order valence-electron chi connectivity index (χ3n) is 4.53. The summed E-state index contributed by atoms with van der Waals surface area (Å²) in [6, 6.07) is 10.8. The van der Waals surface area contributed by atoms with Gasteiger partial charge in [0.15, 0.2) is 22.7 Å². The van der Waals surface area contributed by atoms with Crippen LogP contribution in [0, 0.1) is 13.8 Å². The molecule has 0 aliphatic heterocycles. The molecule has 2 aromatic rings. The molecule has 2 amide bonds. The zero-order valence-electron chi connectivity index (χ0n) is 18.6. The number of hydrogen-bond acceptors (Lipinski definition) is 6. The van der Waals surface area contributed by atoms with Crippen LogP contribution in [-0.4, -0.2) is 37.3 Å². The quantitative estimate of drug-likeness (QED) is 0.334. The number of amides is 2. The molecule has 0 saturated heterocycles. The summed E-state index contributed by atoms with van der Waals surface area (Å²) in [7, 11) is 3.08. The molecule has 0 aliphatic rings. The Kier molecular flexibility index (Phi) is 9.03. The Labute approximate surface area is 192 Å². The zero-order chi connectivity index (χ0) is 23.7. The van der Waals surface area contributed by atoms with Crippen LogP contribution in [0.4, 0.5) is 0 Å². The number of aryl methyl sites for hydroxylation is 2. The smallest absolute Gasteiger partial charge is 0.279 e. The number of carbonyl (C=O) groups is 2. The predicted octanol–water partition coefficient (Wildman–Crippen LogP) is 2.82. The van der Waals surface area contributed by atoms with Gasteiger partial charge >= 0.3 is 0 Å². The van der Waals surface area contributed by atoms with E-state index < -0.39 is 17.9 Å². The molecule has 0 radical (unpaired) electrons. The van der Waals surface area contributed by atoms with Crippen LogP contribution in [0.3, 0.4) is 0 Å². The molecule has 0 fully saturated rings. The monoisotopic (exact) mass is 457 g/mol. The fraction of sp³-hybridized carbons (Fsp3) is 0.261. The lowest BCUT2D eigenvalue weighted by Crippen LogP contribution is -2.51. The van der Waals surface area contributed by atoms with Crippen molar-refractivity contribution in [3.8, 4) is 17.2 Å².